The van der Waals surface area contributed by atoms with E-state index in [4.69, 9.17) is 0 Å². The van der Waals surface area contributed by atoms with Crippen LogP contribution in [0, 0.1) is 5.92 Å². The summed E-state index contributed by atoms with van der Waals surface area (Å²) < 4.78 is 0. The number of nitrogens with zero attached hydrogens (tertiary/aromatic N) is 2. The third-order valence-corrected chi connectivity index (χ3v) is 5.09. The molecule has 1 saturated heterocycles. The predicted octanol–water partition coefficient (Wildman–Crippen LogP) is 3.33. The fraction of sp³-hybridized carbons (Fsp3) is 0.348. The number of aryl methyl sites for hydroxylation is 1. The summed E-state index contributed by atoms with van der Waals surface area (Å²) in [5, 5.41) is 2.85. The molecule has 6 nitrogen and oxygen atoms in total. The van der Waals surface area contributed by atoms with Crippen LogP contribution >= 0.6 is 0 Å². The van der Waals surface area contributed by atoms with Crippen molar-refractivity contribution in [2.45, 2.75) is 26.2 Å². The second-order valence-electron chi connectivity index (χ2n) is 7.59. The second kappa shape index (κ2) is 8.90. The number of carbonyl (C=O) groups excluding carboxylic acids is 3. The standard InChI is InChI=1S/C23H27N3O3/c1-4-5-16-6-12-20(13-7-16)26-15-18(14-21(26)27)22(28)24-19-10-8-17(9-11-19)23(29)25(2)3/h6-13,18H,4-5,14-15H2,1-3H3,(H,24,28)/t18-/m0/s1. The molecule has 0 saturated carbocycles. The number of nitrogens with one attached hydrogen (secondary N) is 1. The van der Waals surface area contributed by atoms with Gasteiger partial charge in [-0.15, -0.1) is 0 Å². The molecule has 1 heterocycles. The van der Waals surface area contributed by atoms with Crippen LogP contribution in [0.2, 0.25) is 0 Å². The first-order valence-corrected chi connectivity index (χ1v) is 9.91. The summed E-state index contributed by atoms with van der Waals surface area (Å²) in [6.45, 7) is 2.50. The summed E-state index contributed by atoms with van der Waals surface area (Å²) in [7, 11) is 3.39. The van der Waals surface area contributed by atoms with E-state index in [1.54, 1.807) is 43.3 Å². The van der Waals surface area contributed by atoms with Crippen molar-refractivity contribution in [1.82, 2.24) is 4.90 Å². The average molecular weight is 393 g/mol. The molecule has 0 unspecified atom stereocenters. The molecule has 0 radical (unpaired) electrons. The zero-order valence-corrected chi connectivity index (χ0v) is 17.1. The summed E-state index contributed by atoms with van der Waals surface area (Å²) in [6.07, 6.45) is 2.28. The Labute approximate surface area is 171 Å². The molecular weight excluding hydrogens is 366 g/mol. The van der Waals surface area contributed by atoms with E-state index in [0.717, 1.165) is 18.5 Å². The molecule has 0 spiro atoms. The van der Waals surface area contributed by atoms with Gasteiger partial charge in [0.15, 0.2) is 0 Å². The SMILES string of the molecule is CCCc1ccc(N2C[C@@H](C(=O)Nc3ccc(C(=O)N(C)C)cc3)CC2=O)cc1. The Kier molecular flexibility index (Phi) is 6.32. The van der Waals surface area contributed by atoms with Crippen molar-refractivity contribution in [3.8, 4) is 0 Å². The third-order valence-electron chi connectivity index (χ3n) is 5.09. The van der Waals surface area contributed by atoms with Gasteiger partial charge in [-0.25, -0.2) is 0 Å². The van der Waals surface area contributed by atoms with Gasteiger partial charge in [0.2, 0.25) is 11.8 Å². The summed E-state index contributed by atoms with van der Waals surface area (Å²) in [4.78, 5) is 40.2. The molecule has 0 aliphatic carbocycles. The lowest BCUT2D eigenvalue weighted by molar-refractivity contribution is -0.122. The first-order chi connectivity index (χ1) is 13.9. The highest BCUT2D eigenvalue weighted by Gasteiger charge is 2.35. The zero-order chi connectivity index (χ0) is 21.0. The van der Waals surface area contributed by atoms with Crippen LogP contribution < -0.4 is 10.2 Å². The van der Waals surface area contributed by atoms with Crippen LogP contribution in [0.15, 0.2) is 48.5 Å². The highest BCUT2D eigenvalue weighted by Crippen LogP contribution is 2.26. The number of carbonyl (C=O) groups is 3. The van der Waals surface area contributed by atoms with Gasteiger partial charge in [0.25, 0.3) is 5.91 Å². The number of benzene rings is 2. The highest BCUT2D eigenvalue weighted by molar-refractivity contribution is 6.03. The maximum atomic E-state index is 12.6. The topological polar surface area (TPSA) is 69.7 Å². The van der Waals surface area contributed by atoms with Crippen LogP contribution in [-0.4, -0.2) is 43.3 Å². The lowest BCUT2D eigenvalue weighted by atomic mass is 10.1. The number of hydrogen-bond acceptors (Lipinski definition) is 3. The van der Waals surface area contributed by atoms with Crippen molar-refractivity contribution in [2.24, 2.45) is 5.92 Å². The lowest BCUT2D eigenvalue weighted by Crippen LogP contribution is -2.28. The van der Waals surface area contributed by atoms with E-state index in [9.17, 15) is 14.4 Å². The Morgan fingerprint density at radius 1 is 1.07 bits per heavy atom. The molecule has 152 valence electrons. The second-order valence-corrected chi connectivity index (χ2v) is 7.59. The van der Waals surface area contributed by atoms with E-state index in [1.165, 1.54) is 10.5 Å². The number of anilines is 2. The van der Waals surface area contributed by atoms with Crippen molar-refractivity contribution in [3.05, 3.63) is 59.7 Å². The van der Waals surface area contributed by atoms with Gasteiger partial charge in [-0.2, -0.15) is 0 Å². The van der Waals surface area contributed by atoms with Crippen LogP contribution in [0.4, 0.5) is 11.4 Å². The van der Waals surface area contributed by atoms with E-state index in [2.05, 4.69) is 12.2 Å². The van der Waals surface area contributed by atoms with Crippen LogP contribution in [0.3, 0.4) is 0 Å². The molecule has 0 aromatic heterocycles. The van der Waals surface area contributed by atoms with Gasteiger partial charge < -0.3 is 15.1 Å². The highest BCUT2D eigenvalue weighted by atomic mass is 16.2. The molecule has 3 amide bonds. The quantitative estimate of drug-likeness (QED) is 0.818. The normalized spacial score (nSPS) is 16.0. The number of rotatable bonds is 6. The largest absolute Gasteiger partial charge is 0.345 e. The molecule has 6 heteroatoms. The fourth-order valence-electron chi connectivity index (χ4n) is 3.46. The fourth-order valence-corrected chi connectivity index (χ4v) is 3.46. The minimum atomic E-state index is -0.402. The number of hydrogen-bond donors (Lipinski definition) is 1. The lowest BCUT2D eigenvalue weighted by Gasteiger charge is -2.17. The van der Waals surface area contributed by atoms with E-state index >= 15 is 0 Å². The molecular formula is C23H27N3O3. The smallest absolute Gasteiger partial charge is 0.253 e. The van der Waals surface area contributed by atoms with Gasteiger partial charge >= 0.3 is 0 Å². The molecule has 1 atom stereocenters. The third kappa shape index (κ3) is 4.83. The molecule has 0 bridgehead atoms. The summed E-state index contributed by atoms with van der Waals surface area (Å²) in [5.74, 6) is -0.721. The molecule has 2 aromatic carbocycles. The van der Waals surface area contributed by atoms with Gasteiger partial charge in [0.1, 0.15) is 0 Å². The van der Waals surface area contributed by atoms with Gasteiger partial charge in [-0.3, -0.25) is 14.4 Å². The Balaban J connectivity index is 1.62. The zero-order valence-electron chi connectivity index (χ0n) is 17.1. The van der Waals surface area contributed by atoms with E-state index in [-0.39, 0.29) is 24.1 Å². The molecule has 2 aromatic rings. The average Bonchev–Trinajstić information content (AvgIpc) is 3.10. The Morgan fingerprint density at radius 3 is 2.31 bits per heavy atom. The van der Waals surface area contributed by atoms with Crippen molar-refractivity contribution in [3.63, 3.8) is 0 Å². The molecule has 1 N–H and O–H groups in total. The minimum Gasteiger partial charge on any atom is -0.345 e. The van der Waals surface area contributed by atoms with E-state index in [0.29, 0.717) is 17.8 Å². The first-order valence-electron chi connectivity index (χ1n) is 9.91. The first kappa shape index (κ1) is 20.6. The van der Waals surface area contributed by atoms with Crippen LogP contribution in [0.1, 0.15) is 35.7 Å². The van der Waals surface area contributed by atoms with Crippen molar-refractivity contribution >= 4 is 29.1 Å². The van der Waals surface area contributed by atoms with Crippen LogP contribution in [0.5, 0.6) is 0 Å². The van der Waals surface area contributed by atoms with Crippen LogP contribution in [0.25, 0.3) is 0 Å². The van der Waals surface area contributed by atoms with Crippen molar-refractivity contribution in [2.75, 3.05) is 30.9 Å². The Bertz CT molecular complexity index is 889. The maximum Gasteiger partial charge on any atom is 0.253 e. The molecule has 3 rings (SSSR count). The Hall–Kier alpha value is -3.15. The van der Waals surface area contributed by atoms with Gasteiger partial charge in [-0.1, -0.05) is 25.5 Å². The van der Waals surface area contributed by atoms with E-state index < -0.39 is 5.92 Å². The Morgan fingerprint density at radius 2 is 1.72 bits per heavy atom. The molecule has 29 heavy (non-hydrogen) atoms. The van der Waals surface area contributed by atoms with Gasteiger partial charge in [0, 0.05) is 44.0 Å². The van der Waals surface area contributed by atoms with Crippen molar-refractivity contribution in [1.29, 1.82) is 0 Å². The van der Waals surface area contributed by atoms with E-state index in [1.807, 2.05) is 24.3 Å². The van der Waals surface area contributed by atoms with Crippen molar-refractivity contribution < 1.29 is 14.4 Å². The molecule has 1 aliphatic heterocycles. The monoisotopic (exact) mass is 393 g/mol. The molecule has 1 fully saturated rings. The van der Waals surface area contributed by atoms with Gasteiger partial charge in [-0.05, 0) is 48.4 Å². The van der Waals surface area contributed by atoms with Crippen LogP contribution in [-0.2, 0) is 16.0 Å². The number of amides is 3. The summed E-state index contributed by atoms with van der Waals surface area (Å²) in [6, 6.07) is 14.7. The van der Waals surface area contributed by atoms with Gasteiger partial charge in [0.05, 0.1) is 5.92 Å². The summed E-state index contributed by atoms with van der Waals surface area (Å²) >= 11 is 0. The summed E-state index contributed by atoms with van der Waals surface area (Å²) in [5.41, 5.74) is 3.24. The maximum absolute atomic E-state index is 12.6. The minimum absolute atomic E-state index is 0.0414. The predicted molar refractivity (Wildman–Crippen MR) is 114 cm³/mol. The molecule has 1 aliphatic rings.